The Balaban J connectivity index is 1.37. The second-order valence-electron chi connectivity index (χ2n) is 10.1. The van der Waals surface area contributed by atoms with Crippen molar-refractivity contribution in [3.63, 3.8) is 0 Å². The molecule has 0 radical (unpaired) electrons. The van der Waals surface area contributed by atoms with Gasteiger partial charge in [-0.25, -0.2) is 28.1 Å². The number of fused-ring (bicyclic) bond motifs is 3. The molecule has 6 rings (SSSR count). The number of nitrogens with one attached hydrogen (secondary N) is 1. The monoisotopic (exact) mass is 538 g/mol. The van der Waals surface area contributed by atoms with E-state index in [2.05, 4.69) is 20.3 Å². The van der Waals surface area contributed by atoms with Gasteiger partial charge in [-0.3, -0.25) is 0 Å². The van der Waals surface area contributed by atoms with E-state index in [0.717, 1.165) is 0 Å². The number of aromatic nitrogens is 4. The first-order valence-electron chi connectivity index (χ1n) is 12.2. The zero-order valence-corrected chi connectivity index (χ0v) is 20.9. The lowest BCUT2D eigenvalue weighted by Crippen LogP contribution is -2.48. The minimum Gasteiger partial charge on any atom is -0.386 e. The number of aliphatic hydroxyl groups is 1. The van der Waals surface area contributed by atoms with E-state index in [9.17, 15) is 13.9 Å². The summed E-state index contributed by atoms with van der Waals surface area (Å²) in [6.07, 6.45) is -0.111. The highest BCUT2D eigenvalue weighted by molar-refractivity contribution is 6.33. The largest absolute Gasteiger partial charge is 0.386 e. The van der Waals surface area contributed by atoms with E-state index >= 15 is 4.39 Å². The number of nitrogens with zero attached hydrogens (tertiary/aromatic N) is 5. The van der Waals surface area contributed by atoms with Gasteiger partial charge in [0.1, 0.15) is 11.6 Å². The van der Waals surface area contributed by atoms with Crippen molar-refractivity contribution in [3.05, 3.63) is 29.2 Å². The Morgan fingerprint density at radius 2 is 2.08 bits per heavy atom. The van der Waals surface area contributed by atoms with Crippen LogP contribution in [0.1, 0.15) is 32.7 Å². The van der Waals surface area contributed by atoms with Gasteiger partial charge in [0, 0.05) is 24.6 Å². The van der Waals surface area contributed by atoms with Crippen LogP contribution in [0, 0.1) is 5.82 Å². The molecule has 0 amide bonds. The van der Waals surface area contributed by atoms with Gasteiger partial charge in [-0.15, -0.1) is 0 Å². The highest BCUT2D eigenvalue weighted by atomic mass is 35.5. The van der Waals surface area contributed by atoms with Gasteiger partial charge in [-0.05, 0) is 32.4 Å². The van der Waals surface area contributed by atoms with Crippen molar-refractivity contribution in [2.24, 2.45) is 0 Å². The van der Waals surface area contributed by atoms with Gasteiger partial charge in [-0.1, -0.05) is 11.6 Å². The molecule has 9 nitrogen and oxygen atoms in total. The van der Waals surface area contributed by atoms with Crippen LogP contribution in [0.15, 0.2) is 18.3 Å². The molecule has 0 unspecified atom stereocenters. The second kappa shape index (κ2) is 8.97. The molecule has 3 fully saturated rings. The highest BCUT2D eigenvalue weighted by Gasteiger charge is 2.44. The summed E-state index contributed by atoms with van der Waals surface area (Å²) in [5, 5.41) is 13.8. The van der Waals surface area contributed by atoms with E-state index in [1.165, 1.54) is 17.2 Å². The third-order valence-electron chi connectivity index (χ3n) is 7.01. The summed E-state index contributed by atoms with van der Waals surface area (Å²) in [6, 6.07) is 2.41. The lowest BCUT2D eigenvalue weighted by molar-refractivity contribution is -0.156. The van der Waals surface area contributed by atoms with Crippen LogP contribution in [0.3, 0.4) is 0 Å². The quantitative estimate of drug-likeness (QED) is 0.503. The normalized spacial score (nSPS) is 27.0. The number of benzene rings is 1. The molecular weight excluding hydrogens is 513 g/mol. The standard InChI is InChI=1S/C24H26ClF3N6O3/c1-11(2)34-17-6-12(5-15(26)19(17)32-23(34)33-4-3-24(27,28)10-33)18-14(25)8-29-22(31-18)30-16-7-13-9-36-21(37-13)20(16)35/h5-6,8,11,13,16,20-21,35H,3-4,7,9-10H2,1-2H3,(H,29,30,31)/t13-,16-,20+,21+/m1/s1. The van der Waals surface area contributed by atoms with Crippen LogP contribution in [-0.4, -0.2) is 74.8 Å². The number of anilines is 2. The molecule has 4 atom stereocenters. The summed E-state index contributed by atoms with van der Waals surface area (Å²) in [7, 11) is 0. The minimum absolute atomic E-state index is 0.0898. The Kier molecular flexibility index (Phi) is 5.98. The second-order valence-corrected chi connectivity index (χ2v) is 10.5. The Bertz CT molecular complexity index is 1360. The smallest absolute Gasteiger partial charge is 0.267 e. The molecule has 13 heteroatoms. The number of ether oxygens (including phenoxy) is 2. The molecule has 3 aliphatic rings. The van der Waals surface area contributed by atoms with Gasteiger partial charge in [0.15, 0.2) is 12.1 Å². The SMILES string of the molecule is CC(C)n1c(N2CCC(F)(F)C2)nc2c(F)cc(-c3nc(N[C@@H]4C[C@@H]5CO[C@@H](O5)[C@H]4O)ncc3Cl)cc21. The first kappa shape index (κ1) is 24.7. The molecule has 3 saturated heterocycles. The van der Waals surface area contributed by atoms with Crippen LogP contribution < -0.4 is 10.2 Å². The fourth-order valence-corrected chi connectivity index (χ4v) is 5.45. The molecule has 37 heavy (non-hydrogen) atoms. The van der Waals surface area contributed by atoms with Crippen molar-refractivity contribution >= 4 is 34.5 Å². The summed E-state index contributed by atoms with van der Waals surface area (Å²) < 4.78 is 56.0. The van der Waals surface area contributed by atoms with Gasteiger partial charge in [0.2, 0.25) is 11.9 Å². The third-order valence-corrected chi connectivity index (χ3v) is 7.29. The predicted octanol–water partition coefficient (Wildman–Crippen LogP) is 4.00. The topological polar surface area (TPSA) is 97.6 Å². The molecule has 0 spiro atoms. The molecule has 3 aliphatic heterocycles. The molecule has 198 valence electrons. The van der Waals surface area contributed by atoms with Gasteiger partial charge in [-0.2, -0.15) is 0 Å². The number of aliphatic hydroxyl groups excluding tert-OH is 1. The zero-order valence-electron chi connectivity index (χ0n) is 20.2. The van der Waals surface area contributed by atoms with Crippen LogP contribution in [0.4, 0.5) is 25.1 Å². The van der Waals surface area contributed by atoms with Crippen LogP contribution in [0.5, 0.6) is 0 Å². The van der Waals surface area contributed by atoms with E-state index in [-0.39, 0.29) is 47.3 Å². The number of imidazole rings is 1. The maximum absolute atomic E-state index is 15.4. The van der Waals surface area contributed by atoms with Crippen molar-refractivity contribution < 1.29 is 27.8 Å². The van der Waals surface area contributed by atoms with Crippen LogP contribution in [-0.2, 0) is 9.47 Å². The Hall–Kier alpha value is -2.67. The Labute approximate surface area is 215 Å². The van der Waals surface area contributed by atoms with Crippen molar-refractivity contribution in [2.45, 2.75) is 63.2 Å². The van der Waals surface area contributed by atoms with Crippen LogP contribution in [0.25, 0.3) is 22.3 Å². The fraction of sp³-hybridized carbons (Fsp3) is 0.542. The summed E-state index contributed by atoms with van der Waals surface area (Å²) in [6.45, 7) is 3.86. The number of halogens is 4. The molecule has 3 aromatic rings. The Morgan fingerprint density at radius 1 is 1.27 bits per heavy atom. The minimum atomic E-state index is -2.81. The van der Waals surface area contributed by atoms with E-state index in [0.29, 0.717) is 30.1 Å². The van der Waals surface area contributed by atoms with Gasteiger partial charge in [0.25, 0.3) is 5.92 Å². The third kappa shape index (κ3) is 4.39. The van der Waals surface area contributed by atoms with Gasteiger partial charge in [0.05, 0.1) is 47.7 Å². The lowest BCUT2D eigenvalue weighted by Gasteiger charge is -2.32. The first-order valence-corrected chi connectivity index (χ1v) is 12.6. The molecule has 0 aliphatic carbocycles. The van der Waals surface area contributed by atoms with E-state index < -0.39 is 36.7 Å². The summed E-state index contributed by atoms with van der Waals surface area (Å²) >= 11 is 6.43. The van der Waals surface area contributed by atoms with E-state index in [1.54, 1.807) is 10.6 Å². The molecule has 2 aromatic heterocycles. The van der Waals surface area contributed by atoms with E-state index in [1.807, 2.05) is 13.8 Å². The summed E-state index contributed by atoms with van der Waals surface area (Å²) in [5.41, 5.74) is 1.21. The zero-order chi connectivity index (χ0) is 26.1. The maximum Gasteiger partial charge on any atom is 0.267 e. The Morgan fingerprint density at radius 3 is 2.81 bits per heavy atom. The summed E-state index contributed by atoms with van der Waals surface area (Å²) in [4.78, 5) is 14.6. The number of hydrogen-bond acceptors (Lipinski definition) is 8. The van der Waals surface area contributed by atoms with Crippen molar-refractivity contribution in [1.82, 2.24) is 19.5 Å². The number of alkyl halides is 2. The van der Waals surface area contributed by atoms with Crippen molar-refractivity contribution in [1.29, 1.82) is 0 Å². The van der Waals surface area contributed by atoms with Crippen molar-refractivity contribution in [2.75, 3.05) is 29.9 Å². The van der Waals surface area contributed by atoms with Crippen LogP contribution >= 0.6 is 11.6 Å². The summed E-state index contributed by atoms with van der Waals surface area (Å²) in [5.74, 6) is -2.91. The van der Waals surface area contributed by atoms with Crippen LogP contribution in [0.2, 0.25) is 5.02 Å². The highest BCUT2D eigenvalue weighted by Crippen LogP contribution is 2.37. The number of rotatable bonds is 5. The van der Waals surface area contributed by atoms with Gasteiger partial charge >= 0.3 is 0 Å². The van der Waals surface area contributed by atoms with Gasteiger partial charge < -0.3 is 29.4 Å². The molecule has 2 N–H and O–H groups in total. The average Bonchev–Trinajstić information content (AvgIpc) is 3.53. The molecule has 1 aromatic carbocycles. The maximum atomic E-state index is 15.4. The van der Waals surface area contributed by atoms with Crippen molar-refractivity contribution in [3.8, 4) is 11.3 Å². The molecular formula is C24H26ClF3N6O3. The predicted molar refractivity (Wildman–Crippen MR) is 131 cm³/mol. The first-order chi connectivity index (χ1) is 17.6. The molecule has 5 heterocycles. The molecule has 2 bridgehead atoms. The number of hydrogen-bond donors (Lipinski definition) is 2. The van der Waals surface area contributed by atoms with E-state index in [4.69, 9.17) is 21.1 Å². The lowest BCUT2D eigenvalue weighted by atomic mass is 10.0. The average molecular weight is 539 g/mol. The fourth-order valence-electron chi connectivity index (χ4n) is 5.25. The molecule has 0 saturated carbocycles.